The minimum atomic E-state index is -2.66. The van der Waals surface area contributed by atoms with E-state index in [4.69, 9.17) is 20.5 Å². The number of carbonyl (C=O) groups is 1. The lowest BCUT2D eigenvalue weighted by Crippen LogP contribution is -2.21. The molecule has 0 spiro atoms. The van der Waals surface area contributed by atoms with Gasteiger partial charge in [0.1, 0.15) is 11.4 Å². The van der Waals surface area contributed by atoms with E-state index in [0.717, 1.165) is 0 Å². The molecule has 0 atom stereocenters. The largest absolute Gasteiger partial charge is 0.494 e. The molecule has 0 saturated heterocycles. The summed E-state index contributed by atoms with van der Waals surface area (Å²) in [5.74, 6) is -1.35. The molecule has 1 amide bonds. The van der Waals surface area contributed by atoms with Crippen LogP contribution in [0.2, 0.25) is 5.15 Å². The van der Waals surface area contributed by atoms with Gasteiger partial charge in [-0.3, -0.25) is 4.79 Å². The normalized spacial score (nSPS) is 12.6. The first-order chi connectivity index (χ1) is 14.6. The number of carbonyl (C=O) groups excluding carboxylic acids is 1. The first-order valence-electron chi connectivity index (χ1n) is 9.40. The molecule has 0 bridgehead atoms. The van der Waals surface area contributed by atoms with Crippen LogP contribution in [0, 0.1) is 5.82 Å². The Labute approximate surface area is 169 Å². The van der Waals surface area contributed by atoms with Crippen LogP contribution in [0.1, 0.15) is 9.81 Å². The molecule has 0 aliphatic carbocycles. The molecule has 2 heterocycles. The summed E-state index contributed by atoms with van der Waals surface area (Å²) in [7, 11) is 3.00. The van der Waals surface area contributed by atoms with Gasteiger partial charge in [0.15, 0.2) is 16.7 Å². The lowest BCUT2D eigenvalue weighted by Gasteiger charge is -2.16. The van der Waals surface area contributed by atoms with Crippen LogP contribution in [0.5, 0.6) is 5.75 Å². The highest BCUT2D eigenvalue weighted by Crippen LogP contribution is 2.39. The number of rotatable bonds is 6. The minimum absolute atomic E-state index is 0.0214. The molecule has 9 nitrogen and oxygen atoms in total. The Kier molecular flexibility index (Phi) is 4.60. The van der Waals surface area contributed by atoms with E-state index >= 15 is 0 Å². The smallest absolute Gasteiger partial charge is 0.225 e. The SMILES string of the molecule is [2H]C([2H])([2H])NC(=O)Cc1nnc(Cl)cc1Nc1c(F)ccc(-c2cnn(C)n2)c1OC. The third-order valence-corrected chi connectivity index (χ3v) is 3.94. The van der Waals surface area contributed by atoms with Crippen LogP contribution < -0.4 is 15.4 Å². The lowest BCUT2D eigenvalue weighted by atomic mass is 10.1. The van der Waals surface area contributed by atoms with E-state index < -0.39 is 25.1 Å². The van der Waals surface area contributed by atoms with Gasteiger partial charge in [0, 0.05) is 29.8 Å². The second kappa shape index (κ2) is 8.17. The molecule has 2 N–H and O–H groups in total. The van der Waals surface area contributed by atoms with Crippen molar-refractivity contribution in [3.63, 3.8) is 0 Å². The fraction of sp³-hybridized carbons (Fsp3) is 0.235. The van der Waals surface area contributed by atoms with E-state index in [9.17, 15) is 9.18 Å². The molecule has 0 fully saturated rings. The number of nitrogens with one attached hydrogen (secondary N) is 2. The zero-order valence-corrected chi connectivity index (χ0v) is 15.6. The molecule has 0 radical (unpaired) electrons. The summed E-state index contributed by atoms with van der Waals surface area (Å²) in [6, 6.07) is 4.04. The predicted molar refractivity (Wildman–Crippen MR) is 101 cm³/mol. The highest BCUT2D eigenvalue weighted by atomic mass is 35.5. The summed E-state index contributed by atoms with van der Waals surface area (Å²) in [5, 5.41) is 20.4. The molecule has 146 valence electrons. The molecule has 3 rings (SSSR count). The third-order valence-electron chi connectivity index (χ3n) is 3.75. The standard InChI is InChI=1S/C17H17ClFN7O2/c1-20-15(27)7-12-11(6-14(18)24-23-12)22-16-10(19)5-4-9(17(16)28-3)13-8-21-26(2)25-13/h4-6,8H,7H2,1-3H3,(H,20,27)(H,22,24)/i1D3. The van der Waals surface area contributed by atoms with E-state index in [1.54, 1.807) is 7.05 Å². The van der Waals surface area contributed by atoms with Gasteiger partial charge >= 0.3 is 0 Å². The van der Waals surface area contributed by atoms with Crippen molar-refractivity contribution >= 4 is 28.9 Å². The third kappa shape index (κ3) is 4.01. The van der Waals surface area contributed by atoms with Crippen molar-refractivity contribution in [3.8, 4) is 17.0 Å². The quantitative estimate of drug-likeness (QED) is 0.643. The van der Waals surface area contributed by atoms with Crippen molar-refractivity contribution < 1.29 is 18.0 Å². The summed E-state index contributed by atoms with van der Waals surface area (Å²) >= 11 is 5.92. The summed E-state index contributed by atoms with van der Waals surface area (Å²) in [5.41, 5.74) is 1.05. The molecular weight excluding hydrogens is 389 g/mol. The van der Waals surface area contributed by atoms with Gasteiger partial charge in [-0.1, -0.05) is 11.6 Å². The predicted octanol–water partition coefficient (Wildman–Crippen LogP) is 2.11. The van der Waals surface area contributed by atoms with Crippen LogP contribution in [0.3, 0.4) is 0 Å². The molecule has 11 heteroatoms. The van der Waals surface area contributed by atoms with Crippen molar-refractivity contribution in [2.45, 2.75) is 6.42 Å². The van der Waals surface area contributed by atoms with Crippen LogP contribution in [0.15, 0.2) is 24.4 Å². The summed E-state index contributed by atoms with van der Waals surface area (Å²) in [4.78, 5) is 13.4. The Morgan fingerprint density at radius 1 is 1.43 bits per heavy atom. The van der Waals surface area contributed by atoms with Crippen LogP contribution in [-0.4, -0.2) is 45.2 Å². The number of hydrogen-bond donors (Lipinski definition) is 2. The molecule has 0 aliphatic heterocycles. The number of aryl methyl sites for hydroxylation is 1. The Morgan fingerprint density at radius 2 is 2.25 bits per heavy atom. The molecule has 0 unspecified atom stereocenters. The van der Waals surface area contributed by atoms with Crippen LogP contribution in [0.25, 0.3) is 11.3 Å². The molecule has 28 heavy (non-hydrogen) atoms. The maximum atomic E-state index is 14.7. The number of hydrogen-bond acceptors (Lipinski definition) is 7. The van der Waals surface area contributed by atoms with Gasteiger partial charge in [-0.15, -0.1) is 5.10 Å². The minimum Gasteiger partial charge on any atom is -0.494 e. The van der Waals surface area contributed by atoms with E-state index in [1.165, 1.54) is 36.3 Å². The van der Waals surface area contributed by atoms with E-state index in [-0.39, 0.29) is 28.0 Å². The maximum Gasteiger partial charge on any atom is 0.225 e. The number of likely N-dealkylation sites (N-methyl/N-ethyl adjacent to an activating group) is 1. The van der Waals surface area contributed by atoms with Gasteiger partial charge in [0.25, 0.3) is 0 Å². The number of anilines is 2. The van der Waals surface area contributed by atoms with E-state index in [2.05, 4.69) is 25.7 Å². The average molecular weight is 409 g/mol. The number of nitrogens with zero attached hydrogens (tertiary/aromatic N) is 5. The van der Waals surface area contributed by atoms with E-state index in [1.807, 2.05) is 5.32 Å². The first-order valence-corrected chi connectivity index (χ1v) is 8.28. The summed E-state index contributed by atoms with van der Waals surface area (Å²) < 4.78 is 41.5. The average Bonchev–Trinajstić information content (AvgIpc) is 3.10. The number of aromatic nitrogens is 5. The molecule has 0 aliphatic rings. The second-order valence-corrected chi connectivity index (χ2v) is 5.99. The number of benzene rings is 1. The number of methoxy groups -OCH3 is 1. The second-order valence-electron chi connectivity index (χ2n) is 5.60. The van der Waals surface area contributed by atoms with Gasteiger partial charge in [-0.05, 0) is 12.1 Å². The molecule has 2 aromatic heterocycles. The van der Waals surface area contributed by atoms with Crippen LogP contribution >= 0.6 is 11.6 Å². The maximum absolute atomic E-state index is 14.7. The van der Waals surface area contributed by atoms with Crippen molar-refractivity contribution in [2.24, 2.45) is 7.05 Å². The Balaban J connectivity index is 2.00. The van der Waals surface area contributed by atoms with Crippen LogP contribution in [0.4, 0.5) is 15.8 Å². The van der Waals surface area contributed by atoms with Gasteiger partial charge in [-0.25, -0.2) is 4.39 Å². The van der Waals surface area contributed by atoms with Crippen molar-refractivity contribution in [2.75, 3.05) is 19.4 Å². The van der Waals surface area contributed by atoms with Gasteiger partial charge in [-0.2, -0.15) is 20.1 Å². The van der Waals surface area contributed by atoms with Gasteiger partial charge in [0.05, 0.1) is 31.1 Å². The molecule has 3 aromatic rings. The Morgan fingerprint density at radius 3 is 2.93 bits per heavy atom. The number of amides is 1. The van der Waals surface area contributed by atoms with Crippen molar-refractivity contribution in [3.05, 3.63) is 41.1 Å². The summed E-state index contributed by atoms with van der Waals surface area (Å²) in [6.07, 6.45) is 1.06. The topological polar surface area (TPSA) is 107 Å². The fourth-order valence-corrected chi connectivity index (χ4v) is 2.67. The van der Waals surface area contributed by atoms with E-state index in [0.29, 0.717) is 11.3 Å². The molecular formula is C17H17ClFN7O2. The summed E-state index contributed by atoms with van der Waals surface area (Å²) in [6.45, 7) is -2.66. The van der Waals surface area contributed by atoms with Crippen molar-refractivity contribution in [1.82, 2.24) is 30.5 Å². The zero-order valence-electron chi connectivity index (χ0n) is 17.8. The highest BCUT2D eigenvalue weighted by Gasteiger charge is 2.20. The van der Waals surface area contributed by atoms with Gasteiger partial charge in [0.2, 0.25) is 5.91 Å². The Hall–Kier alpha value is -3.27. The van der Waals surface area contributed by atoms with Crippen molar-refractivity contribution in [1.29, 1.82) is 0 Å². The Bertz CT molecular complexity index is 1120. The fourth-order valence-electron chi connectivity index (χ4n) is 2.52. The van der Waals surface area contributed by atoms with Gasteiger partial charge < -0.3 is 15.4 Å². The van der Waals surface area contributed by atoms with Crippen LogP contribution in [-0.2, 0) is 18.3 Å². The first kappa shape index (κ1) is 15.8. The molecule has 0 saturated carbocycles. The molecule has 1 aromatic carbocycles. The number of halogens is 2. The number of ether oxygens (including phenoxy) is 1. The lowest BCUT2D eigenvalue weighted by molar-refractivity contribution is -0.120. The highest BCUT2D eigenvalue weighted by molar-refractivity contribution is 6.29. The zero-order chi connectivity index (χ0) is 22.8. The monoisotopic (exact) mass is 408 g/mol.